The minimum absolute atomic E-state index is 0.165. The first-order chi connectivity index (χ1) is 9.32. The first-order valence-electron chi connectivity index (χ1n) is 7.27. The molecule has 0 aliphatic carbocycles. The molecule has 0 aromatic carbocycles. The number of aromatic nitrogens is 2. The van der Waals surface area contributed by atoms with E-state index in [9.17, 15) is 0 Å². The second kappa shape index (κ2) is 5.38. The van der Waals surface area contributed by atoms with E-state index in [-0.39, 0.29) is 5.41 Å². The summed E-state index contributed by atoms with van der Waals surface area (Å²) in [6.07, 6.45) is 1.77. The molecule has 2 rings (SSSR count). The SMILES string of the molecule is Cc1cc(C(C)C)nc(N2CCC(C)(C(=N)N)CC2)n1. The van der Waals surface area contributed by atoms with E-state index in [1.807, 2.05) is 6.92 Å². The topological polar surface area (TPSA) is 78.9 Å². The van der Waals surface area contributed by atoms with E-state index >= 15 is 0 Å². The van der Waals surface area contributed by atoms with Crippen LogP contribution in [0.4, 0.5) is 5.95 Å². The number of nitrogens with zero attached hydrogens (tertiary/aromatic N) is 3. The Hall–Kier alpha value is -1.65. The van der Waals surface area contributed by atoms with Crippen LogP contribution in [0.25, 0.3) is 0 Å². The van der Waals surface area contributed by atoms with Gasteiger partial charge in [0.1, 0.15) is 0 Å². The van der Waals surface area contributed by atoms with E-state index in [0.29, 0.717) is 11.8 Å². The molecule has 1 aliphatic heterocycles. The van der Waals surface area contributed by atoms with E-state index in [4.69, 9.17) is 11.1 Å². The van der Waals surface area contributed by atoms with Crippen LogP contribution in [0.1, 0.15) is 50.9 Å². The van der Waals surface area contributed by atoms with E-state index < -0.39 is 0 Å². The van der Waals surface area contributed by atoms with Crippen LogP contribution >= 0.6 is 0 Å². The van der Waals surface area contributed by atoms with Gasteiger partial charge in [0.15, 0.2) is 0 Å². The highest BCUT2D eigenvalue weighted by Crippen LogP contribution is 2.32. The van der Waals surface area contributed by atoms with Gasteiger partial charge in [-0.2, -0.15) is 0 Å². The van der Waals surface area contributed by atoms with Crippen LogP contribution in [0.2, 0.25) is 0 Å². The van der Waals surface area contributed by atoms with Gasteiger partial charge in [-0.05, 0) is 31.7 Å². The van der Waals surface area contributed by atoms with E-state index in [0.717, 1.165) is 43.3 Å². The van der Waals surface area contributed by atoms with Gasteiger partial charge in [-0.25, -0.2) is 9.97 Å². The lowest BCUT2D eigenvalue weighted by Gasteiger charge is -2.38. The lowest BCUT2D eigenvalue weighted by Crippen LogP contribution is -2.45. The van der Waals surface area contributed by atoms with Crippen molar-refractivity contribution in [2.45, 2.75) is 46.5 Å². The molecular weight excluding hydrogens is 250 g/mol. The number of hydrogen-bond donors (Lipinski definition) is 2. The average molecular weight is 275 g/mol. The van der Waals surface area contributed by atoms with Crippen molar-refractivity contribution in [2.75, 3.05) is 18.0 Å². The molecule has 0 saturated carbocycles. The molecule has 1 aromatic rings. The van der Waals surface area contributed by atoms with Crippen LogP contribution in [0.3, 0.4) is 0 Å². The lowest BCUT2D eigenvalue weighted by atomic mass is 9.79. The molecule has 0 bridgehead atoms. The number of aryl methyl sites for hydroxylation is 1. The maximum absolute atomic E-state index is 7.71. The molecule has 0 unspecified atom stereocenters. The smallest absolute Gasteiger partial charge is 0.225 e. The third kappa shape index (κ3) is 2.92. The van der Waals surface area contributed by atoms with Crippen molar-refractivity contribution >= 4 is 11.8 Å². The third-order valence-corrected chi connectivity index (χ3v) is 4.25. The first kappa shape index (κ1) is 14.8. The molecule has 0 amide bonds. The van der Waals surface area contributed by atoms with Gasteiger partial charge in [0.25, 0.3) is 0 Å². The van der Waals surface area contributed by atoms with Gasteiger partial charge >= 0.3 is 0 Å². The summed E-state index contributed by atoms with van der Waals surface area (Å²) in [7, 11) is 0. The van der Waals surface area contributed by atoms with Crippen LogP contribution in [0, 0.1) is 17.7 Å². The lowest BCUT2D eigenvalue weighted by molar-refractivity contribution is 0.348. The Morgan fingerprint density at radius 2 is 1.95 bits per heavy atom. The van der Waals surface area contributed by atoms with Crippen molar-refractivity contribution in [1.82, 2.24) is 9.97 Å². The highest BCUT2D eigenvalue weighted by Gasteiger charge is 2.33. The van der Waals surface area contributed by atoms with Gasteiger partial charge in [-0.15, -0.1) is 0 Å². The molecule has 0 atom stereocenters. The molecule has 2 heterocycles. The normalized spacial score (nSPS) is 18.4. The fourth-order valence-electron chi connectivity index (χ4n) is 2.48. The molecule has 20 heavy (non-hydrogen) atoms. The molecule has 3 N–H and O–H groups in total. The zero-order valence-corrected chi connectivity index (χ0v) is 12.9. The van der Waals surface area contributed by atoms with Crippen molar-refractivity contribution in [3.63, 3.8) is 0 Å². The summed E-state index contributed by atoms with van der Waals surface area (Å²) in [5, 5.41) is 7.71. The van der Waals surface area contributed by atoms with Crippen LogP contribution in [0.15, 0.2) is 6.07 Å². The van der Waals surface area contributed by atoms with Gasteiger partial charge < -0.3 is 10.6 Å². The Morgan fingerprint density at radius 3 is 2.45 bits per heavy atom. The zero-order valence-electron chi connectivity index (χ0n) is 12.9. The fourth-order valence-corrected chi connectivity index (χ4v) is 2.48. The molecule has 1 aliphatic rings. The highest BCUT2D eigenvalue weighted by atomic mass is 15.3. The largest absolute Gasteiger partial charge is 0.387 e. The minimum Gasteiger partial charge on any atom is -0.387 e. The summed E-state index contributed by atoms with van der Waals surface area (Å²) in [5.74, 6) is 1.52. The van der Waals surface area contributed by atoms with Crippen molar-refractivity contribution in [1.29, 1.82) is 5.41 Å². The fraction of sp³-hybridized carbons (Fsp3) is 0.667. The molecule has 1 saturated heterocycles. The molecular formula is C15H25N5. The first-order valence-corrected chi connectivity index (χ1v) is 7.27. The molecule has 0 radical (unpaired) electrons. The van der Waals surface area contributed by atoms with Crippen molar-refractivity contribution in [2.24, 2.45) is 11.1 Å². The number of nitrogens with one attached hydrogen (secondary N) is 1. The van der Waals surface area contributed by atoms with E-state index in [1.165, 1.54) is 0 Å². The quantitative estimate of drug-likeness (QED) is 0.656. The summed E-state index contributed by atoms with van der Waals surface area (Å²) in [6.45, 7) is 10.1. The Balaban J connectivity index is 2.17. The standard InChI is InChI=1S/C15H25N5/c1-10(2)12-9-11(3)18-14(19-12)20-7-5-15(4,6-8-20)13(16)17/h9-10H,5-8H2,1-4H3,(H3,16,17). The van der Waals surface area contributed by atoms with Gasteiger partial charge in [0, 0.05) is 29.9 Å². The predicted molar refractivity (Wildman–Crippen MR) is 82.3 cm³/mol. The second-order valence-corrected chi connectivity index (χ2v) is 6.35. The van der Waals surface area contributed by atoms with Crippen molar-refractivity contribution in [3.8, 4) is 0 Å². The molecule has 110 valence electrons. The van der Waals surface area contributed by atoms with Gasteiger partial charge in [0.2, 0.25) is 5.95 Å². The van der Waals surface area contributed by atoms with E-state index in [2.05, 4.69) is 41.7 Å². The second-order valence-electron chi connectivity index (χ2n) is 6.35. The van der Waals surface area contributed by atoms with Crippen LogP contribution < -0.4 is 10.6 Å². The number of hydrogen-bond acceptors (Lipinski definition) is 4. The molecule has 5 nitrogen and oxygen atoms in total. The monoisotopic (exact) mass is 275 g/mol. The Morgan fingerprint density at radius 1 is 1.35 bits per heavy atom. The predicted octanol–water partition coefficient (Wildman–Crippen LogP) is 2.45. The Labute approximate surface area is 121 Å². The highest BCUT2D eigenvalue weighted by molar-refractivity contribution is 5.83. The summed E-state index contributed by atoms with van der Waals surface area (Å²) >= 11 is 0. The summed E-state index contributed by atoms with van der Waals surface area (Å²) in [6, 6.07) is 2.05. The molecule has 1 fully saturated rings. The average Bonchev–Trinajstić information content (AvgIpc) is 2.38. The summed E-state index contributed by atoms with van der Waals surface area (Å²) in [4.78, 5) is 11.5. The van der Waals surface area contributed by atoms with Gasteiger partial charge in [-0.1, -0.05) is 20.8 Å². The minimum atomic E-state index is -0.165. The maximum atomic E-state index is 7.71. The van der Waals surface area contributed by atoms with Crippen molar-refractivity contribution in [3.05, 3.63) is 17.5 Å². The van der Waals surface area contributed by atoms with Crippen molar-refractivity contribution < 1.29 is 0 Å². The number of amidine groups is 1. The molecule has 5 heteroatoms. The number of nitrogens with two attached hydrogens (primary N) is 1. The zero-order chi connectivity index (χ0) is 14.9. The molecule has 0 spiro atoms. The van der Waals surface area contributed by atoms with Crippen LogP contribution in [-0.2, 0) is 0 Å². The van der Waals surface area contributed by atoms with Crippen LogP contribution in [-0.4, -0.2) is 28.9 Å². The number of rotatable bonds is 3. The van der Waals surface area contributed by atoms with Gasteiger partial charge in [0.05, 0.1) is 5.84 Å². The summed E-state index contributed by atoms with van der Waals surface area (Å²) < 4.78 is 0. The number of piperidine rings is 1. The Bertz CT molecular complexity index is 501. The Kier molecular flexibility index (Phi) is 3.97. The summed E-state index contributed by atoms with van der Waals surface area (Å²) in [5.41, 5.74) is 7.64. The number of anilines is 1. The maximum Gasteiger partial charge on any atom is 0.225 e. The van der Waals surface area contributed by atoms with Gasteiger partial charge in [-0.3, -0.25) is 5.41 Å². The van der Waals surface area contributed by atoms with Crippen LogP contribution in [0.5, 0.6) is 0 Å². The molecule has 1 aromatic heterocycles. The third-order valence-electron chi connectivity index (χ3n) is 4.25. The van der Waals surface area contributed by atoms with E-state index in [1.54, 1.807) is 0 Å².